The van der Waals surface area contributed by atoms with E-state index in [1.54, 1.807) is 36.7 Å². The maximum absolute atomic E-state index is 12.9. The summed E-state index contributed by atoms with van der Waals surface area (Å²) in [5, 5.41) is 3.78. The Hall–Kier alpha value is -2.08. The summed E-state index contributed by atoms with van der Waals surface area (Å²) in [5.41, 5.74) is 1.39. The van der Waals surface area contributed by atoms with Gasteiger partial charge in [0.2, 0.25) is 5.91 Å². The second-order valence-electron chi connectivity index (χ2n) is 5.09. The quantitative estimate of drug-likeness (QED) is 0.477. The predicted octanol–water partition coefficient (Wildman–Crippen LogP) is 5.26. The van der Waals surface area contributed by atoms with Crippen molar-refractivity contribution in [3.05, 3.63) is 82.6 Å². The molecule has 0 unspecified atom stereocenters. The van der Waals surface area contributed by atoms with E-state index < -0.39 is 5.25 Å². The predicted molar refractivity (Wildman–Crippen MR) is 102 cm³/mol. The summed E-state index contributed by atoms with van der Waals surface area (Å²) < 4.78 is 0. The van der Waals surface area contributed by atoms with Crippen molar-refractivity contribution in [2.24, 2.45) is 0 Å². The first-order valence-electron chi connectivity index (χ1n) is 7.37. The summed E-state index contributed by atoms with van der Waals surface area (Å²) in [6.45, 7) is 0. The van der Waals surface area contributed by atoms with Crippen LogP contribution in [-0.2, 0) is 4.79 Å². The van der Waals surface area contributed by atoms with E-state index in [0.717, 1.165) is 5.56 Å². The maximum Gasteiger partial charge on any atom is 0.242 e. The lowest BCUT2D eigenvalue weighted by Gasteiger charge is -2.16. The van der Waals surface area contributed by atoms with Crippen molar-refractivity contribution in [2.75, 3.05) is 5.32 Å². The molecule has 126 valence electrons. The van der Waals surface area contributed by atoms with E-state index in [1.165, 1.54) is 11.8 Å². The first-order chi connectivity index (χ1) is 12.1. The van der Waals surface area contributed by atoms with Gasteiger partial charge in [0.1, 0.15) is 5.25 Å². The van der Waals surface area contributed by atoms with Gasteiger partial charge in [-0.15, -0.1) is 0 Å². The molecular formula is C18H13Cl2N3OS. The third-order valence-corrected chi connectivity index (χ3v) is 4.82. The molecule has 3 aromatic rings. The number of hydrogen-bond donors (Lipinski definition) is 1. The van der Waals surface area contributed by atoms with Crippen LogP contribution in [-0.4, -0.2) is 15.9 Å². The zero-order valence-corrected chi connectivity index (χ0v) is 15.2. The van der Waals surface area contributed by atoms with E-state index in [2.05, 4.69) is 15.3 Å². The lowest BCUT2D eigenvalue weighted by Crippen LogP contribution is -2.19. The number of nitrogens with one attached hydrogen (secondary N) is 1. The molecule has 0 saturated carbocycles. The van der Waals surface area contributed by atoms with Gasteiger partial charge in [-0.2, -0.15) is 0 Å². The van der Waals surface area contributed by atoms with Crippen LogP contribution in [0.1, 0.15) is 10.8 Å². The molecule has 0 fully saturated rings. The molecule has 3 rings (SSSR count). The molecular weight excluding hydrogens is 377 g/mol. The number of thioether (sulfide) groups is 1. The summed E-state index contributed by atoms with van der Waals surface area (Å²) in [6.07, 6.45) is 3.29. The first kappa shape index (κ1) is 17.7. The van der Waals surface area contributed by atoms with Crippen LogP contribution in [0.25, 0.3) is 0 Å². The van der Waals surface area contributed by atoms with Gasteiger partial charge in [-0.1, -0.05) is 65.3 Å². The molecule has 0 aliphatic heterocycles. The molecule has 0 aliphatic carbocycles. The van der Waals surface area contributed by atoms with Gasteiger partial charge in [0.25, 0.3) is 0 Å². The number of hydrogen-bond acceptors (Lipinski definition) is 4. The molecule has 2 aromatic carbocycles. The summed E-state index contributed by atoms with van der Waals surface area (Å²) in [6, 6.07) is 16.1. The van der Waals surface area contributed by atoms with Crippen molar-refractivity contribution in [1.29, 1.82) is 0 Å². The molecule has 1 N–H and O–H groups in total. The van der Waals surface area contributed by atoms with E-state index in [1.807, 2.05) is 30.3 Å². The molecule has 7 heteroatoms. The fourth-order valence-electron chi connectivity index (χ4n) is 2.19. The number of benzene rings is 2. The van der Waals surface area contributed by atoms with Gasteiger partial charge < -0.3 is 5.32 Å². The van der Waals surface area contributed by atoms with Gasteiger partial charge in [0.05, 0.1) is 0 Å². The highest BCUT2D eigenvalue weighted by atomic mass is 35.5. The molecule has 25 heavy (non-hydrogen) atoms. The Bertz CT molecular complexity index is 842. The lowest BCUT2D eigenvalue weighted by molar-refractivity contribution is -0.115. The van der Waals surface area contributed by atoms with Crippen LogP contribution in [0.5, 0.6) is 0 Å². The largest absolute Gasteiger partial charge is 0.325 e. The van der Waals surface area contributed by atoms with Crippen LogP contribution in [0.2, 0.25) is 10.0 Å². The summed E-state index contributed by atoms with van der Waals surface area (Å²) in [7, 11) is 0. The topological polar surface area (TPSA) is 54.9 Å². The number of carbonyl (C=O) groups is 1. The maximum atomic E-state index is 12.9. The monoisotopic (exact) mass is 389 g/mol. The van der Waals surface area contributed by atoms with Crippen LogP contribution in [0.15, 0.2) is 72.1 Å². The third kappa shape index (κ3) is 4.95. The minimum atomic E-state index is -0.513. The number of anilines is 1. The molecule has 0 aliphatic rings. The minimum Gasteiger partial charge on any atom is -0.325 e. The Kier molecular flexibility index (Phi) is 5.91. The van der Waals surface area contributed by atoms with E-state index >= 15 is 0 Å². The van der Waals surface area contributed by atoms with E-state index in [9.17, 15) is 4.79 Å². The van der Waals surface area contributed by atoms with E-state index in [4.69, 9.17) is 23.2 Å². The molecule has 0 radical (unpaired) electrons. The number of aromatic nitrogens is 2. The van der Waals surface area contributed by atoms with Crippen molar-refractivity contribution in [1.82, 2.24) is 9.97 Å². The van der Waals surface area contributed by atoms with E-state index in [-0.39, 0.29) is 5.91 Å². The van der Waals surface area contributed by atoms with Crippen molar-refractivity contribution in [2.45, 2.75) is 10.4 Å². The zero-order valence-electron chi connectivity index (χ0n) is 12.9. The van der Waals surface area contributed by atoms with Gasteiger partial charge in [0, 0.05) is 28.1 Å². The van der Waals surface area contributed by atoms with Crippen LogP contribution < -0.4 is 5.32 Å². The molecule has 0 bridgehead atoms. The Morgan fingerprint density at radius 2 is 1.60 bits per heavy atom. The normalized spacial score (nSPS) is 11.8. The molecule has 1 atom stereocenters. The fraction of sp³-hybridized carbons (Fsp3) is 0.0556. The summed E-state index contributed by atoms with van der Waals surface area (Å²) >= 11 is 13.3. The molecule has 0 spiro atoms. The molecule has 1 aromatic heterocycles. The van der Waals surface area contributed by atoms with Crippen LogP contribution in [0.3, 0.4) is 0 Å². The molecule has 4 nitrogen and oxygen atoms in total. The Morgan fingerprint density at radius 3 is 2.24 bits per heavy atom. The molecule has 1 heterocycles. The third-order valence-electron chi connectivity index (χ3n) is 3.24. The standard InChI is InChI=1S/C18H13Cl2N3OS/c19-13-9-14(20)11-15(10-13)23-17(24)16(12-5-2-1-3-6-12)25-18-21-7-4-8-22-18/h1-11,16H,(H,23,24)/t16-/m1/s1. The Labute approximate surface area is 159 Å². The zero-order chi connectivity index (χ0) is 17.6. The smallest absolute Gasteiger partial charge is 0.242 e. The average Bonchev–Trinajstić information content (AvgIpc) is 2.60. The van der Waals surface area contributed by atoms with Crippen molar-refractivity contribution < 1.29 is 4.79 Å². The number of nitrogens with zero attached hydrogens (tertiary/aromatic N) is 2. The number of carbonyl (C=O) groups excluding carboxylic acids is 1. The van der Waals surface area contributed by atoms with Gasteiger partial charge >= 0.3 is 0 Å². The molecule has 0 saturated heterocycles. The van der Waals surface area contributed by atoms with Gasteiger partial charge in [-0.05, 0) is 29.8 Å². The number of halogens is 2. The number of amides is 1. The van der Waals surface area contributed by atoms with Crippen LogP contribution in [0.4, 0.5) is 5.69 Å². The Morgan fingerprint density at radius 1 is 0.960 bits per heavy atom. The molecule has 1 amide bonds. The van der Waals surface area contributed by atoms with Crippen LogP contribution in [0, 0.1) is 0 Å². The summed E-state index contributed by atoms with van der Waals surface area (Å²) in [4.78, 5) is 21.2. The van der Waals surface area contributed by atoms with Crippen molar-refractivity contribution in [3.63, 3.8) is 0 Å². The highest BCUT2D eigenvalue weighted by molar-refractivity contribution is 8.00. The average molecular weight is 390 g/mol. The van der Waals surface area contributed by atoms with Crippen molar-refractivity contribution in [3.8, 4) is 0 Å². The van der Waals surface area contributed by atoms with Crippen molar-refractivity contribution >= 4 is 46.6 Å². The van der Waals surface area contributed by atoms with Gasteiger partial charge in [-0.25, -0.2) is 9.97 Å². The first-order valence-corrected chi connectivity index (χ1v) is 9.01. The second kappa shape index (κ2) is 8.34. The SMILES string of the molecule is O=C(Nc1cc(Cl)cc(Cl)c1)[C@H](Sc1ncccn1)c1ccccc1. The minimum absolute atomic E-state index is 0.206. The highest BCUT2D eigenvalue weighted by Gasteiger charge is 2.23. The second-order valence-corrected chi connectivity index (χ2v) is 7.03. The summed E-state index contributed by atoms with van der Waals surface area (Å²) in [5.74, 6) is -0.206. The Balaban J connectivity index is 1.86. The van der Waals surface area contributed by atoms with Gasteiger partial charge in [0.15, 0.2) is 5.16 Å². The lowest BCUT2D eigenvalue weighted by atomic mass is 10.1. The van der Waals surface area contributed by atoms with E-state index in [0.29, 0.717) is 20.9 Å². The highest BCUT2D eigenvalue weighted by Crippen LogP contribution is 2.34. The van der Waals surface area contributed by atoms with Crippen LogP contribution >= 0.6 is 35.0 Å². The number of rotatable bonds is 5. The fourth-order valence-corrected chi connectivity index (χ4v) is 3.63. The van der Waals surface area contributed by atoms with Gasteiger partial charge in [-0.3, -0.25) is 4.79 Å².